The maximum atomic E-state index is 12.4. The van der Waals surface area contributed by atoms with Crippen LogP contribution in [0.4, 0.5) is 17.3 Å². The van der Waals surface area contributed by atoms with E-state index in [0.29, 0.717) is 22.4 Å². The van der Waals surface area contributed by atoms with E-state index in [1.165, 1.54) is 0 Å². The Kier molecular flexibility index (Phi) is 4.95. The molecule has 3 rings (SSSR count). The number of benzene rings is 2. The van der Waals surface area contributed by atoms with E-state index >= 15 is 0 Å². The lowest BCUT2D eigenvalue weighted by Gasteiger charge is -2.10. The molecule has 1 aromatic heterocycles. The average molecular weight is 353 g/mol. The number of carbonyl (C=O) groups excluding carboxylic acids is 1. The Morgan fingerprint density at radius 2 is 1.72 bits per heavy atom. The van der Waals surface area contributed by atoms with Crippen molar-refractivity contribution in [2.45, 2.75) is 13.8 Å². The van der Waals surface area contributed by atoms with Crippen molar-refractivity contribution in [1.82, 2.24) is 9.97 Å². The molecular formula is C19H17ClN4O. The molecule has 0 aliphatic rings. The van der Waals surface area contributed by atoms with Crippen LogP contribution in [0.25, 0.3) is 0 Å². The number of halogens is 1. The normalized spacial score (nSPS) is 10.4. The van der Waals surface area contributed by atoms with E-state index in [1.807, 2.05) is 56.3 Å². The lowest BCUT2D eigenvalue weighted by atomic mass is 10.2. The first-order chi connectivity index (χ1) is 12.0. The zero-order valence-electron chi connectivity index (χ0n) is 13.9. The van der Waals surface area contributed by atoms with Crippen LogP contribution in [0.5, 0.6) is 0 Å². The van der Waals surface area contributed by atoms with Gasteiger partial charge in [0.15, 0.2) is 0 Å². The first kappa shape index (κ1) is 16.9. The van der Waals surface area contributed by atoms with Gasteiger partial charge in [0.25, 0.3) is 5.91 Å². The molecule has 0 bridgehead atoms. The molecule has 126 valence electrons. The summed E-state index contributed by atoms with van der Waals surface area (Å²) >= 11 is 6.14. The van der Waals surface area contributed by atoms with E-state index in [-0.39, 0.29) is 11.6 Å². The van der Waals surface area contributed by atoms with Crippen LogP contribution in [-0.2, 0) is 0 Å². The predicted molar refractivity (Wildman–Crippen MR) is 101 cm³/mol. The average Bonchev–Trinajstić information content (AvgIpc) is 2.58. The third-order valence-corrected chi connectivity index (χ3v) is 3.95. The number of anilines is 3. The predicted octanol–water partition coefficient (Wildman–Crippen LogP) is 4.74. The summed E-state index contributed by atoms with van der Waals surface area (Å²) in [6, 6.07) is 16.5. The van der Waals surface area contributed by atoms with E-state index in [1.54, 1.807) is 12.1 Å². The summed E-state index contributed by atoms with van der Waals surface area (Å²) in [6.07, 6.45) is 0. The molecule has 1 amide bonds. The second-order valence-corrected chi connectivity index (χ2v) is 6.03. The van der Waals surface area contributed by atoms with E-state index in [4.69, 9.17) is 11.6 Å². The fraction of sp³-hybridized carbons (Fsp3) is 0.105. The maximum Gasteiger partial charge on any atom is 0.274 e. The number of nitrogens with zero attached hydrogens (tertiary/aromatic N) is 2. The van der Waals surface area contributed by atoms with Crippen LogP contribution in [0, 0.1) is 13.8 Å². The molecule has 0 saturated carbocycles. The Morgan fingerprint density at radius 1 is 0.960 bits per heavy atom. The van der Waals surface area contributed by atoms with Crippen LogP contribution in [0.3, 0.4) is 0 Å². The number of hydrogen-bond donors (Lipinski definition) is 2. The Morgan fingerprint density at radius 3 is 2.44 bits per heavy atom. The second-order valence-electron chi connectivity index (χ2n) is 5.63. The Bertz CT molecular complexity index is 913. The summed E-state index contributed by atoms with van der Waals surface area (Å²) in [5, 5.41) is 6.55. The molecule has 0 aliphatic heterocycles. The van der Waals surface area contributed by atoms with Crippen molar-refractivity contribution in [3.05, 3.63) is 76.6 Å². The number of amides is 1. The van der Waals surface area contributed by atoms with Crippen molar-refractivity contribution < 1.29 is 4.79 Å². The largest absolute Gasteiger partial charge is 0.324 e. The first-order valence-corrected chi connectivity index (χ1v) is 8.14. The summed E-state index contributed by atoms with van der Waals surface area (Å²) in [5.41, 5.74) is 3.44. The second kappa shape index (κ2) is 7.32. The van der Waals surface area contributed by atoms with Gasteiger partial charge in [-0.05, 0) is 49.7 Å². The lowest BCUT2D eigenvalue weighted by Crippen LogP contribution is -2.15. The van der Waals surface area contributed by atoms with Crippen LogP contribution in [0.1, 0.15) is 21.7 Å². The third-order valence-electron chi connectivity index (χ3n) is 3.55. The van der Waals surface area contributed by atoms with Gasteiger partial charge in [-0.1, -0.05) is 35.9 Å². The molecule has 25 heavy (non-hydrogen) atoms. The molecule has 0 fully saturated rings. The van der Waals surface area contributed by atoms with Gasteiger partial charge in [0.1, 0.15) is 5.69 Å². The Balaban J connectivity index is 1.82. The van der Waals surface area contributed by atoms with E-state index in [9.17, 15) is 4.79 Å². The van der Waals surface area contributed by atoms with Crippen molar-refractivity contribution in [2.24, 2.45) is 0 Å². The highest BCUT2D eigenvalue weighted by atomic mass is 35.5. The van der Waals surface area contributed by atoms with E-state index < -0.39 is 0 Å². The van der Waals surface area contributed by atoms with Gasteiger partial charge < -0.3 is 10.6 Å². The molecule has 2 aromatic carbocycles. The lowest BCUT2D eigenvalue weighted by molar-refractivity contribution is 0.102. The molecule has 0 atom stereocenters. The molecule has 0 radical (unpaired) electrons. The van der Waals surface area contributed by atoms with E-state index in [0.717, 1.165) is 11.3 Å². The summed E-state index contributed by atoms with van der Waals surface area (Å²) < 4.78 is 0. The number of hydrogen-bond acceptors (Lipinski definition) is 4. The minimum absolute atomic E-state index is 0.289. The van der Waals surface area contributed by atoms with Crippen molar-refractivity contribution >= 4 is 34.8 Å². The Labute approximate surface area is 151 Å². The van der Waals surface area contributed by atoms with Gasteiger partial charge in [0.05, 0.1) is 0 Å². The Hall–Kier alpha value is -2.92. The molecule has 0 unspecified atom stereocenters. The molecular weight excluding hydrogens is 336 g/mol. The quantitative estimate of drug-likeness (QED) is 0.711. The SMILES string of the molecule is Cc1cc(C(=O)Nc2ccccc2)nc(Nc2ccc(C)c(Cl)c2)n1. The van der Waals surface area contributed by atoms with Gasteiger partial charge in [-0.3, -0.25) is 4.79 Å². The van der Waals surface area contributed by atoms with Crippen LogP contribution in [0.2, 0.25) is 5.02 Å². The van der Waals surface area contributed by atoms with Gasteiger partial charge >= 0.3 is 0 Å². The zero-order chi connectivity index (χ0) is 17.8. The fourth-order valence-electron chi connectivity index (χ4n) is 2.26. The van der Waals surface area contributed by atoms with Crippen LogP contribution < -0.4 is 10.6 Å². The smallest absolute Gasteiger partial charge is 0.274 e. The summed E-state index contributed by atoms with van der Waals surface area (Å²) in [6.45, 7) is 3.75. The highest BCUT2D eigenvalue weighted by Gasteiger charge is 2.11. The topological polar surface area (TPSA) is 66.9 Å². The minimum atomic E-state index is -0.290. The number of carbonyl (C=O) groups is 1. The maximum absolute atomic E-state index is 12.4. The first-order valence-electron chi connectivity index (χ1n) is 7.76. The van der Waals surface area contributed by atoms with Crippen molar-refractivity contribution in [3.63, 3.8) is 0 Å². The summed E-state index contributed by atoms with van der Waals surface area (Å²) in [4.78, 5) is 21.0. The number of aromatic nitrogens is 2. The van der Waals surface area contributed by atoms with Crippen molar-refractivity contribution in [1.29, 1.82) is 0 Å². The van der Waals surface area contributed by atoms with E-state index in [2.05, 4.69) is 20.6 Å². The number of aryl methyl sites for hydroxylation is 2. The molecule has 0 saturated heterocycles. The molecule has 6 heteroatoms. The van der Waals surface area contributed by atoms with Crippen molar-refractivity contribution in [2.75, 3.05) is 10.6 Å². The molecule has 1 heterocycles. The van der Waals surface area contributed by atoms with Crippen molar-refractivity contribution in [3.8, 4) is 0 Å². The molecule has 5 nitrogen and oxygen atoms in total. The molecule has 2 N–H and O–H groups in total. The third kappa shape index (κ3) is 4.33. The molecule has 0 aliphatic carbocycles. The monoisotopic (exact) mass is 352 g/mol. The van der Waals surface area contributed by atoms with Gasteiger partial charge in [-0.25, -0.2) is 9.97 Å². The fourth-order valence-corrected chi connectivity index (χ4v) is 2.44. The molecule has 0 spiro atoms. The number of nitrogens with one attached hydrogen (secondary N) is 2. The highest BCUT2D eigenvalue weighted by molar-refractivity contribution is 6.31. The van der Waals surface area contributed by atoms with Gasteiger partial charge in [-0.15, -0.1) is 0 Å². The zero-order valence-corrected chi connectivity index (χ0v) is 14.6. The van der Waals surface area contributed by atoms with Crippen LogP contribution >= 0.6 is 11.6 Å². The molecule has 3 aromatic rings. The van der Waals surface area contributed by atoms with Crippen LogP contribution in [-0.4, -0.2) is 15.9 Å². The summed E-state index contributed by atoms with van der Waals surface area (Å²) in [5.74, 6) is 0.0554. The van der Waals surface area contributed by atoms with Gasteiger partial charge in [0.2, 0.25) is 5.95 Å². The highest BCUT2D eigenvalue weighted by Crippen LogP contribution is 2.22. The minimum Gasteiger partial charge on any atom is -0.324 e. The number of rotatable bonds is 4. The number of para-hydroxylation sites is 1. The van der Waals surface area contributed by atoms with Crippen LogP contribution in [0.15, 0.2) is 54.6 Å². The summed E-state index contributed by atoms with van der Waals surface area (Å²) in [7, 11) is 0. The van der Waals surface area contributed by atoms with Gasteiger partial charge in [-0.2, -0.15) is 0 Å². The van der Waals surface area contributed by atoms with Gasteiger partial charge in [0, 0.05) is 22.1 Å². The standard InChI is InChI=1S/C19H17ClN4O/c1-12-8-9-15(11-16(12)20)23-19-21-13(2)10-17(24-19)18(25)22-14-6-4-3-5-7-14/h3-11H,1-2H3,(H,22,25)(H,21,23,24).